The van der Waals surface area contributed by atoms with Crippen LogP contribution in [-0.2, 0) is 0 Å². The molecule has 2 unspecified atom stereocenters. The van der Waals surface area contributed by atoms with Crippen molar-refractivity contribution in [3.05, 3.63) is 35.4 Å². The Morgan fingerprint density at radius 3 is 2.11 bits per heavy atom. The summed E-state index contributed by atoms with van der Waals surface area (Å²) in [4.78, 5) is 0. The van der Waals surface area contributed by atoms with Gasteiger partial charge in [-0.3, -0.25) is 0 Å². The molecular formula is C18H29N. The van der Waals surface area contributed by atoms with E-state index in [1.807, 2.05) is 0 Å². The maximum Gasteiger partial charge on any atom is 0.0294 e. The monoisotopic (exact) mass is 259 g/mol. The molecule has 1 saturated carbocycles. The van der Waals surface area contributed by atoms with Crippen LogP contribution in [0.1, 0.15) is 76.5 Å². The summed E-state index contributed by atoms with van der Waals surface area (Å²) >= 11 is 0. The SMILES string of the molecule is CCC(CC1CC1)NC(C)c1ccc(C(C)C)cc1. The lowest BCUT2D eigenvalue weighted by molar-refractivity contribution is 0.404. The summed E-state index contributed by atoms with van der Waals surface area (Å²) in [6, 6.07) is 10.3. The molecule has 1 fully saturated rings. The van der Waals surface area contributed by atoms with Gasteiger partial charge in [0.05, 0.1) is 0 Å². The first-order chi connectivity index (χ1) is 9.10. The molecule has 0 heterocycles. The fraction of sp³-hybridized carbons (Fsp3) is 0.667. The smallest absolute Gasteiger partial charge is 0.0294 e. The lowest BCUT2D eigenvalue weighted by atomic mass is 9.98. The molecule has 0 aromatic heterocycles. The Morgan fingerprint density at radius 2 is 1.63 bits per heavy atom. The first kappa shape index (κ1) is 14.6. The summed E-state index contributed by atoms with van der Waals surface area (Å²) in [5.74, 6) is 1.63. The van der Waals surface area contributed by atoms with Crippen LogP contribution in [0.4, 0.5) is 0 Å². The van der Waals surface area contributed by atoms with E-state index in [-0.39, 0.29) is 0 Å². The number of benzene rings is 1. The van der Waals surface area contributed by atoms with E-state index in [2.05, 4.69) is 57.3 Å². The Morgan fingerprint density at radius 1 is 1.05 bits per heavy atom. The van der Waals surface area contributed by atoms with Crippen molar-refractivity contribution in [2.75, 3.05) is 0 Å². The van der Waals surface area contributed by atoms with Gasteiger partial charge in [-0.2, -0.15) is 0 Å². The maximum atomic E-state index is 3.80. The zero-order valence-corrected chi connectivity index (χ0v) is 12.9. The summed E-state index contributed by atoms with van der Waals surface area (Å²) in [7, 11) is 0. The summed E-state index contributed by atoms with van der Waals surface area (Å²) in [5.41, 5.74) is 2.85. The number of nitrogens with one attached hydrogen (secondary N) is 1. The van der Waals surface area contributed by atoms with Crippen LogP contribution in [0.15, 0.2) is 24.3 Å². The molecule has 1 aliphatic rings. The molecule has 1 heteroatoms. The van der Waals surface area contributed by atoms with E-state index in [4.69, 9.17) is 0 Å². The zero-order valence-electron chi connectivity index (χ0n) is 12.9. The van der Waals surface area contributed by atoms with Gasteiger partial charge in [-0.15, -0.1) is 0 Å². The van der Waals surface area contributed by atoms with E-state index in [9.17, 15) is 0 Å². The molecule has 1 aromatic rings. The number of hydrogen-bond acceptors (Lipinski definition) is 1. The standard InChI is InChI=1S/C18H29N/c1-5-18(12-15-6-7-15)19-14(4)17-10-8-16(9-11-17)13(2)3/h8-11,13-15,18-19H,5-7,12H2,1-4H3. The van der Waals surface area contributed by atoms with Gasteiger partial charge in [0.2, 0.25) is 0 Å². The van der Waals surface area contributed by atoms with Crippen LogP contribution in [0.5, 0.6) is 0 Å². The van der Waals surface area contributed by atoms with Crippen LogP contribution in [0.3, 0.4) is 0 Å². The Bertz CT molecular complexity index is 375. The topological polar surface area (TPSA) is 12.0 Å². The molecule has 0 saturated heterocycles. The molecule has 1 aromatic carbocycles. The van der Waals surface area contributed by atoms with E-state index in [1.165, 1.54) is 36.8 Å². The van der Waals surface area contributed by atoms with Crippen molar-refractivity contribution in [3.63, 3.8) is 0 Å². The fourth-order valence-electron chi connectivity index (χ4n) is 2.73. The molecule has 2 atom stereocenters. The Kier molecular flexibility index (Phi) is 5.04. The molecule has 0 aliphatic heterocycles. The average molecular weight is 259 g/mol. The van der Waals surface area contributed by atoms with E-state index >= 15 is 0 Å². The van der Waals surface area contributed by atoms with Crippen molar-refractivity contribution in [1.29, 1.82) is 0 Å². The largest absolute Gasteiger partial charge is 0.307 e. The summed E-state index contributed by atoms with van der Waals surface area (Å²) < 4.78 is 0. The Hall–Kier alpha value is -0.820. The van der Waals surface area contributed by atoms with Crippen LogP contribution in [0.2, 0.25) is 0 Å². The van der Waals surface area contributed by atoms with Crippen molar-refractivity contribution in [2.24, 2.45) is 5.92 Å². The van der Waals surface area contributed by atoms with Crippen LogP contribution in [0, 0.1) is 5.92 Å². The van der Waals surface area contributed by atoms with Gasteiger partial charge in [-0.05, 0) is 42.7 Å². The van der Waals surface area contributed by atoms with Gasteiger partial charge in [0.25, 0.3) is 0 Å². The van der Waals surface area contributed by atoms with Crippen LogP contribution < -0.4 is 5.32 Å². The molecule has 1 aliphatic carbocycles. The van der Waals surface area contributed by atoms with Gasteiger partial charge < -0.3 is 5.32 Å². The Balaban J connectivity index is 1.91. The van der Waals surface area contributed by atoms with Crippen molar-refractivity contribution >= 4 is 0 Å². The second-order valence-corrected chi connectivity index (χ2v) is 6.49. The van der Waals surface area contributed by atoms with Crippen LogP contribution in [-0.4, -0.2) is 6.04 Å². The maximum absolute atomic E-state index is 3.80. The molecule has 106 valence electrons. The lowest BCUT2D eigenvalue weighted by Gasteiger charge is -2.23. The van der Waals surface area contributed by atoms with Gasteiger partial charge in [-0.25, -0.2) is 0 Å². The third-order valence-electron chi connectivity index (χ3n) is 4.40. The first-order valence-corrected chi connectivity index (χ1v) is 7.96. The van der Waals surface area contributed by atoms with Gasteiger partial charge in [0, 0.05) is 12.1 Å². The molecule has 2 rings (SSSR count). The van der Waals surface area contributed by atoms with E-state index in [0.717, 1.165) is 5.92 Å². The Labute approximate surface area is 118 Å². The molecule has 1 nitrogen and oxygen atoms in total. The second kappa shape index (κ2) is 6.56. The third kappa shape index (κ3) is 4.35. The fourth-order valence-corrected chi connectivity index (χ4v) is 2.73. The van der Waals surface area contributed by atoms with Crippen molar-refractivity contribution in [2.45, 2.75) is 71.4 Å². The zero-order chi connectivity index (χ0) is 13.8. The van der Waals surface area contributed by atoms with Gasteiger partial charge in [0.1, 0.15) is 0 Å². The molecular weight excluding hydrogens is 230 g/mol. The second-order valence-electron chi connectivity index (χ2n) is 6.49. The molecule has 0 bridgehead atoms. The van der Waals surface area contributed by atoms with E-state index < -0.39 is 0 Å². The van der Waals surface area contributed by atoms with Crippen LogP contribution >= 0.6 is 0 Å². The number of rotatable bonds is 7. The molecule has 0 amide bonds. The minimum atomic E-state index is 0.463. The quantitative estimate of drug-likeness (QED) is 0.723. The van der Waals surface area contributed by atoms with Gasteiger partial charge in [-0.1, -0.05) is 57.9 Å². The highest BCUT2D eigenvalue weighted by atomic mass is 14.9. The highest BCUT2D eigenvalue weighted by Crippen LogP contribution is 2.34. The first-order valence-electron chi connectivity index (χ1n) is 7.96. The minimum Gasteiger partial charge on any atom is -0.307 e. The number of hydrogen-bond donors (Lipinski definition) is 1. The van der Waals surface area contributed by atoms with Gasteiger partial charge >= 0.3 is 0 Å². The molecule has 0 spiro atoms. The molecule has 1 N–H and O–H groups in total. The predicted octanol–water partition coefficient (Wildman–Crippen LogP) is 5.04. The lowest BCUT2D eigenvalue weighted by Crippen LogP contribution is -2.31. The van der Waals surface area contributed by atoms with E-state index in [1.54, 1.807) is 0 Å². The summed E-state index contributed by atoms with van der Waals surface area (Å²) in [6.45, 7) is 9.09. The highest BCUT2D eigenvalue weighted by Gasteiger charge is 2.25. The third-order valence-corrected chi connectivity index (χ3v) is 4.40. The van der Waals surface area contributed by atoms with Crippen molar-refractivity contribution < 1.29 is 0 Å². The van der Waals surface area contributed by atoms with Crippen molar-refractivity contribution in [3.8, 4) is 0 Å². The summed E-state index contributed by atoms with van der Waals surface area (Å²) in [5, 5.41) is 3.80. The highest BCUT2D eigenvalue weighted by molar-refractivity contribution is 5.26. The average Bonchev–Trinajstić information content (AvgIpc) is 3.22. The van der Waals surface area contributed by atoms with Crippen LogP contribution in [0.25, 0.3) is 0 Å². The van der Waals surface area contributed by atoms with Crippen molar-refractivity contribution in [1.82, 2.24) is 5.32 Å². The van der Waals surface area contributed by atoms with E-state index in [0.29, 0.717) is 18.0 Å². The normalized spacial score (nSPS) is 18.6. The molecule has 0 radical (unpaired) electrons. The van der Waals surface area contributed by atoms with Gasteiger partial charge in [0.15, 0.2) is 0 Å². The minimum absolute atomic E-state index is 0.463. The molecule has 19 heavy (non-hydrogen) atoms. The predicted molar refractivity (Wildman–Crippen MR) is 83.5 cm³/mol. The summed E-state index contributed by atoms with van der Waals surface area (Å²) in [6.07, 6.45) is 5.52.